The predicted molar refractivity (Wildman–Crippen MR) is 79.5 cm³/mol. The summed E-state index contributed by atoms with van der Waals surface area (Å²) in [6.45, 7) is 5.13. The Morgan fingerprint density at radius 3 is 2.58 bits per heavy atom. The minimum absolute atomic E-state index is 0.0456. The SMILES string of the molecule is CNC(C)(C)CNc1cc(NC2CCCC2)ncn1. The number of hydrogen-bond donors (Lipinski definition) is 3. The van der Waals surface area contributed by atoms with Gasteiger partial charge in [-0.05, 0) is 33.7 Å². The third-order valence-electron chi connectivity index (χ3n) is 3.76. The lowest BCUT2D eigenvalue weighted by atomic mass is 10.1. The number of nitrogens with zero attached hydrogens (tertiary/aromatic N) is 2. The quantitative estimate of drug-likeness (QED) is 0.735. The topological polar surface area (TPSA) is 61.9 Å². The number of anilines is 2. The average Bonchev–Trinajstić information content (AvgIpc) is 2.90. The molecule has 1 aliphatic carbocycles. The van der Waals surface area contributed by atoms with Gasteiger partial charge < -0.3 is 16.0 Å². The van der Waals surface area contributed by atoms with Crippen LogP contribution in [-0.4, -0.2) is 35.1 Å². The first-order chi connectivity index (χ1) is 9.09. The molecule has 1 fully saturated rings. The van der Waals surface area contributed by atoms with Crippen molar-refractivity contribution in [3.8, 4) is 0 Å². The van der Waals surface area contributed by atoms with Gasteiger partial charge >= 0.3 is 0 Å². The van der Waals surface area contributed by atoms with Crippen LogP contribution < -0.4 is 16.0 Å². The van der Waals surface area contributed by atoms with Crippen LogP contribution in [0, 0.1) is 0 Å². The van der Waals surface area contributed by atoms with E-state index in [1.807, 2.05) is 13.1 Å². The van der Waals surface area contributed by atoms with E-state index in [0.29, 0.717) is 6.04 Å². The Balaban J connectivity index is 1.91. The van der Waals surface area contributed by atoms with E-state index < -0.39 is 0 Å². The van der Waals surface area contributed by atoms with Gasteiger partial charge in [-0.2, -0.15) is 0 Å². The van der Waals surface area contributed by atoms with Crippen molar-refractivity contribution in [1.82, 2.24) is 15.3 Å². The molecule has 1 saturated carbocycles. The van der Waals surface area contributed by atoms with Crippen molar-refractivity contribution >= 4 is 11.6 Å². The summed E-state index contributed by atoms with van der Waals surface area (Å²) in [5.74, 6) is 1.80. The molecule has 0 aromatic carbocycles. The van der Waals surface area contributed by atoms with Gasteiger partial charge in [-0.3, -0.25) is 0 Å². The van der Waals surface area contributed by atoms with E-state index in [4.69, 9.17) is 0 Å². The molecule has 1 aromatic rings. The largest absolute Gasteiger partial charge is 0.368 e. The van der Waals surface area contributed by atoms with Crippen molar-refractivity contribution in [2.75, 3.05) is 24.2 Å². The van der Waals surface area contributed by atoms with Gasteiger partial charge in [0.1, 0.15) is 18.0 Å². The number of hydrogen-bond acceptors (Lipinski definition) is 5. The lowest BCUT2D eigenvalue weighted by Crippen LogP contribution is -2.42. The van der Waals surface area contributed by atoms with E-state index >= 15 is 0 Å². The molecule has 0 aliphatic heterocycles. The van der Waals surface area contributed by atoms with E-state index in [0.717, 1.165) is 18.2 Å². The van der Waals surface area contributed by atoms with E-state index in [9.17, 15) is 0 Å². The molecule has 5 heteroatoms. The van der Waals surface area contributed by atoms with Gasteiger partial charge in [0.05, 0.1) is 0 Å². The fourth-order valence-electron chi connectivity index (χ4n) is 2.21. The highest BCUT2D eigenvalue weighted by atomic mass is 15.1. The van der Waals surface area contributed by atoms with Gasteiger partial charge in [-0.1, -0.05) is 12.8 Å². The summed E-state index contributed by atoms with van der Waals surface area (Å²) in [7, 11) is 1.97. The van der Waals surface area contributed by atoms with E-state index in [2.05, 4.69) is 39.8 Å². The normalized spacial score (nSPS) is 16.6. The highest BCUT2D eigenvalue weighted by Crippen LogP contribution is 2.22. The van der Waals surface area contributed by atoms with Crippen LogP contribution in [0.4, 0.5) is 11.6 Å². The molecule has 5 nitrogen and oxygen atoms in total. The van der Waals surface area contributed by atoms with Crippen molar-refractivity contribution in [1.29, 1.82) is 0 Å². The Morgan fingerprint density at radius 2 is 1.89 bits per heavy atom. The summed E-state index contributed by atoms with van der Waals surface area (Å²) >= 11 is 0. The van der Waals surface area contributed by atoms with Gasteiger partial charge in [-0.25, -0.2) is 9.97 Å². The zero-order valence-corrected chi connectivity index (χ0v) is 12.2. The molecule has 0 amide bonds. The molecular formula is C14H25N5. The van der Waals surface area contributed by atoms with Gasteiger partial charge in [0.25, 0.3) is 0 Å². The zero-order chi connectivity index (χ0) is 13.7. The third kappa shape index (κ3) is 4.35. The van der Waals surface area contributed by atoms with Crippen LogP contribution in [0.2, 0.25) is 0 Å². The fourth-order valence-corrected chi connectivity index (χ4v) is 2.21. The smallest absolute Gasteiger partial charge is 0.131 e. The van der Waals surface area contributed by atoms with E-state index in [1.54, 1.807) is 6.33 Å². The molecule has 3 N–H and O–H groups in total. The second-order valence-electron chi connectivity index (χ2n) is 5.90. The number of nitrogens with one attached hydrogen (secondary N) is 3. The Hall–Kier alpha value is -1.36. The number of rotatable bonds is 6. The van der Waals surface area contributed by atoms with Crippen LogP contribution in [0.3, 0.4) is 0 Å². The van der Waals surface area contributed by atoms with Gasteiger partial charge in [0, 0.05) is 24.2 Å². The van der Waals surface area contributed by atoms with Gasteiger partial charge in [-0.15, -0.1) is 0 Å². The van der Waals surface area contributed by atoms with Crippen LogP contribution in [0.15, 0.2) is 12.4 Å². The molecule has 0 unspecified atom stereocenters. The zero-order valence-electron chi connectivity index (χ0n) is 12.2. The highest BCUT2D eigenvalue weighted by molar-refractivity contribution is 5.47. The minimum Gasteiger partial charge on any atom is -0.368 e. The molecule has 1 heterocycles. The maximum atomic E-state index is 4.29. The first-order valence-electron chi connectivity index (χ1n) is 7.10. The average molecular weight is 263 g/mol. The van der Waals surface area contributed by atoms with Crippen LogP contribution >= 0.6 is 0 Å². The third-order valence-corrected chi connectivity index (χ3v) is 3.76. The van der Waals surface area contributed by atoms with E-state index in [1.165, 1.54) is 25.7 Å². The predicted octanol–water partition coefficient (Wildman–Crippen LogP) is 2.24. The van der Waals surface area contributed by atoms with Gasteiger partial charge in [0.2, 0.25) is 0 Å². The standard InChI is InChI=1S/C14H25N5/c1-14(2,15-3)9-16-12-8-13(18-10-17-12)19-11-6-4-5-7-11/h8,10-11,15H,4-7,9H2,1-3H3,(H2,16,17,18,19). The molecule has 0 saturated heterocycles. The summed E-state index contributed by atoms with van der Waals surface area (Å²) in [6.07, 6.45) is 6.76. The molecule has 19 heavy (non-hydrogen) atoms. The number of aromatic nitrogens is 2. The molecule has 106 valence electrons. The van der Waals surface area contributed by atoms with Gasteiger partial charge in [0.15, 0.2) is 0 Å². The molecule has 0 atom stereocenters. The van der Waals surface area contributed by atoms with E-state index in [-0.39, 0.29) is 5.54 Å². The summed E-state index contributed by atoms with van der Waals surface area (Å²) in [5.41, 5.74) is 0.0456. The van der Waals surface area contributed by atoms with Crippen molar-refractivity contribution in [2.45, 2.75) is 51.1 Å². The second-order valence-corrected chi connectivity index (χ2v) is 5.90. The molecule has 1 aromatic heterocycles. The second kappa shape index (κ2) is 6.19. The molecule has 0 bridgehead atoms. The summed E-state index contributed by atoms with van der Waals surface area (Å²) < 4.78 is 0. The summed E-state index contributed by atoms with van der Waals surface area (Å²) in [4.78, 5) is 8.55. The summed E-state index contributed by atoms with van der Waals surface area (Å²) in [6, 6.07) is 2.57. The van der Waals surface area contributed by atoms with Crippen LogP contribution in [0.1, 0.15) is 39.5 Å². The monoisotopic (exact) mass is 263 g/mol. The first-order valence-corrected chi connectivity index (χ1v) is 7.10. The molecule has 0 radical (unpaired) electrons. The lowest BCUT2D eigenvalue weighted by Gasteiger charge is -2.24. The van der Waals surface area contributed by atoms with Crippen LogP contribution in [0.25, 0.3) is 0 Å². The van der Waals surface area contributed by atoms with Crippen molar-refractivity contribution in [3.05, 3.63) is 12.4 Å². The maximum absolute atomic E-state index is 4.29. The number of likely N-dealkylation sites (N-methyl/N-ethyl adjacent to an activating group) is 1. The Labute approximate surface area is 115 Å². The molecule has 0 spiro atoms. The molecule has 1 aliphatic rings. The Morgan fingerprint density at radius 1 is 1.21 bits per heavy atom. The van der Waals surface area contributed by atoms with Crippen LogP contribution in [-0.2, 0) is 0 Å². The Kier molecular flexibility index (Phi) is 4.58. The minimum atomic E-state index is 0.0456. The molecular weight excluding hydrogens is 238 g/mol. The van der Waals surface area contributed by atoms with Crippen molar-refractivity contribution in [2.24, 2.45) is 0 Å². The molecule has 2 rings (SSSR count). The fraction of sp³-hybridized carbons (Fsp3) is 0.714. The maximum Gasteiger partial charge on any atom is 0.131 e. The lowest BCUT2D eigenvalue weighted by molar-refractivity contribution is 0.447. The van der Waals surface area contributed by atoms with Crippen LogP contribution in [0.5, 0.6) is 0 Å². The summed E-state index contributed by atoms with van der Waals surface area (Å²) in [5, 5.41) is 10.1. The van der Waals surface area contributed by atoms with Crippen molar-refractivity contribution in [3.63, 3.8) is 0 Å². The highest BCUT2D eigenvalue weighted by Gasteiger charge is 2.16. The van der Waals surface area contributed by atoms with Crippen molar-refractivity contribution < 1.29 is 0 Å². The Bertz CT molecular complexity index is 399. The first kappa shape index (κ1) is 14.1.